The monoisotopic (exact) mass is 245 g/mol. The van der Waals surface area contributed by atoms with Gasteiger partial charge in [0.2, 0.25) is 5.91 Å². The van der Waals surface area contributed by atoms with Crippen LogP contribution in [0.1, 0.15) is 17.3 Å². The molecule has 0 aromatic carbocycles. The summed E-state index contributed by atoms with van der Waals surface area (Å²) in [5, 5.41) is 11.6. The van der Waals surface area contributed by atoms with Gasteiger partial charge in [0.25, 0.3) is 0 Å². The molecular weight excluding hydrogens is 238 g/mol. The van der Waals surface area contributed by atoms with Crippen LogP contribution in [0.5, 0.6) is 0 Å². The first-order valence-electron chi connectivity index (χ1n) is 4.35. The van der Waals surface area contributed by atoms with Crippen LogP contribution >= 0.6 is 22.9 Å². The molecule has 0 aliphatic carbocycles. The molecule has 2 rings (SSSR count). The molecular formula is C9H8ClNO3S. The normalized spacial score (nSPS) is 25.3. The van der Waals surface area contributed by atoms with Crippen molar-refractivity contribution in [1.29, 1.82) is 0 Å². The van der Waals surface area contributed by atoms with Gasteiger partial charge in [-0.2, -0.15) is 0 Å². The van der Waals surface area contributed by atoms with Gasteiger partial charge >= 0.3 is 5.97 Å². The molecule has 0 unspecified atom stereocenters. The Morgan fingerprint density at radius 3 is 2.87 bits per heavy atom. The van der Waals surface area contributed by atoms with E-state index in [1.165, 1.54) is 11.3 Å². The average Bonchev–Trinajstić information content (AvgIpc) is 2.71. The molecule has 1 aliphatic heterocycles. The number of hydrogen-bond acceptors (Lipinski definition) is 3. The third-order valence-corrected chi connectivity index (χ3v) is 3.66. The van der Waals surface area contributed by atoms with Gasteiger partial charge in [-0.15, -0.1) is 11.3 Å². The summed E-state index contributed by atoms with van der Waals surface area (Å²) in [6, 6.07) is 3.01. The van der Waals surface area contributed by atoms with E-state index in [1.54, 1.807) is 12.1 Å². The second-order valence-corrected chi connectivity index (χ2v) is 5.08. The van der Waals surface area contributed by atoms with Crippen LogP contribution in [0.25, 0.3) is 0 Å². The van der Waals surface area contributed by atoms with Crippen LogP contribution in [0.4, 0.5) is 0 Å². The van der Waals surface area contributed by atoms with Gasteiger partial charge in [0.15, 0.2) is 0 Å². The number of amides is 1. The highest BCUT2D eigenvalue weighted by atomic mass is 35.5. The zero-order valence-electron chi connectivity index (χ0n) is 7.57. The number of hydrogen-bond donors (Lipinski definition) is 2. The summed E-state index contributed by atoms with van der Waals surface area (Å²) in [4.78, 5) is 22.9. The van der Waals surface area contributed by atoms with Gasteiger partial charge in [0.1, 0.15) is 0 Å². The number of carbonyl (C=O) groups excluding carboxylic acids is 1. The van der Waals surface area contributed by atoms with E-state index in [-0.39, 0.29) is 12.3 Å². The predicted octanol–water partition coefficient (Wildman–Crippen LogP) is 1.66. The van der Waals surface area contributed by atoms with E-state index in [4.69, 9.17) is 16.7 Å². The lowest BCUT2D eigenvalue weighted by atomic mass is 10.00. The van der Waals surface area contributed by atoms with Crippen LogP contribution in [0.2, 0.25) is 4.34 Å². The molecule has 6 heteroatoms. The van der Waals surface area contributed by atoms with Gasteiger partial charge in [-0.05, 0) is 12.1 Å². The Balaban J connectivity index is 2.27. The number of thiophene rings is 1. The first-order chi connectivity index (χ1) is 7.08. The van der Waals surface area contributed by atoms with Crippen molar-refractivity contribution in [2.75, 3.05) is 0 Å². The Hall–Kier alpha value is -1.07. The standard InChI is InChI=1S/C9H8ClNO3S/c10-6-2-1-5(15-6)8-4(9(13)14)3-7(12)11-8/h1-2,4,8H,3H2,(H,11,12)(H,13,14)/t4-,8-/m0/s1. The summed E-state index contributed by atoms with van der Waals surface area (Å²) >= 11 is 7.06. The van der Waals surface area contributed by atoms with Gasteiger partial charge in [-0.1, -0.05) is 11.6 Å². The number of carbonyl (C=O) groups is 2. The summed E-state index contributed by atoms with van der Waals surface area (Å²) in [6.45, 7) is 0. The van der Waals surface area contributed by atoms with E-state index in [0.29, 0.717) is 4.34 Å². The smallest absolute Gasteiger partial charge is 0.309 e. The molecule has 15 heavy (non-hydrogen) atoms. The molecule has 0 saturated carbocycles. The Bertz CT molecular complexity index is 417. The molecule has 2 heterocycles. The highest BCUT2D eigenvalue weighted by Gasteiger charge is 2.39. The average molecular weight is 246 g/mol. The molecule has 80 valence electrons. The topological polar surface area (TPSA) is 66.4 Å². The fourth-order valence-electron chi connectivity index (χ4n) is 1.65. The van der Waals surface area contributed by atoms with Crippen molar-refractivity contribution < 1.29 is 14.7 Å². The zero-order valence-corrected chi connectivity index (χ0v) is 9.14. The molecule has 2 N–H and O–H groups in total. The highest BCUT2D eigenvalue weighted by Crippen LogP contribution is 2.35. The Morgan fingerprint density at radius 2 is 2.33 bits per heavy atom. The molecule has 0 radical (unpaired) electrons. The lowest BCUT2D eigenvalue weighted by Crippen LogP contribution is -2.23. The van der Waals surface area contributed by atoms with Crippen LogP contribution in [0, 0.1) is 5.92 Å². The van der Waals surface area contributed by atoms with Gasteiger partial charge in [-0.3, -0.25) is 9.59 Å². The maximum absolute atomic E-state index is 11.1. The number of nitrogens with one attached hydrogen (secondary N) is 1. The van der Waals surface area contributed by atoms with Crippen molar-refractivity contribution in [3.8, 4) is 0 Å². The molecule has 1 saturated heterocycles. The van der Waals surface area contributed by atoms with Crippen LogP contribution in [0.3, 0.4) is 0 Å². The summed E-state index contributed by atoms with van der Waals surface area (Å²) < 4.78 is 0.593. The van der Waals surface area contributed by atoms with E-state index in [2.05, 4.69) is 5.32 Å². The molecule has 1 aromatic rings. The second kappa shape index (κ2) is 3.83. The fraction of sp³-hybridized carbons (Fsp3) is 0.333. The van der Waals surface area contributed by atoms with Crippen LogP contribution in [-0.4, -0.2) is 17.0 Å². The SMILES string of the molecule is O=C1C[C@H](C(=O)O)[C@@H](c2ccc(Cl)s2)N1. The largest absolute Gasteiger partial charge is 0.481 e. The number of halogens is 1. The van der Waals surface area contributed by atoms with E-state index >= 15 is 0 Å². The van der Waals surface area contributed by atoms with Crippen LogP contribution in [-0.2, 0) is 9.59 Å². The van der Waals surface area contributed by atoms with E-state index in [1.807, 2.05) is 0 Å². The fourth-order valence-corrected chi connectivity index (χ4v) is 2.82. The molecule has 0 spiro atoms. The number of aliphatic carboxylic acids is 1. The maximum Gasteiger partial charge on any atom is 0.309 e. The third-order valence-electron chi connectivity index (χ3n) is 2.34. The van der Waals surface area contributed by atoms with Gasteiger partial charge in [-0.25, -0.2) is 0 Å². The summed E-state index contributed by atoms with van der Waals surface area (Å²) in [6.07, 6.45) is 0.0372. The summed E-state index contributed by atoms with van der Waals surface area (Å²) in [5.41, 5.74) is 0. The van der Waals surface area contributed by atoms with Gasteiger partial charge in [0, 0.05) is 11.3 Å². The first-order valence-corrected chi connectivity index (χ1v) is 5.55. The minimum Gasteiger partial charge on any atom is -0.481 e. The highest BCUT2D eigenvalue weighted by molar-refractivity contribution is 7.16. The van der Waals surface area contributed by atoms with Crippen LogP contribution < -0.4 is 5.32 Å². The van der Waals surface area contributed by atoms with Crippen LogP contribution in [0.15, 0.2) is 12.1 Å². The van der Waals surface area contributed by atoms with Crippen molar-refractivity contribution in [3.63, 3.8) is 0 Å². The Kier molecular flexibility index (Phi) is 2.67. The molecule has 4 nitrogen and oxygen atoms in total. The van der Waals surface area contributed by atoms with E-state index < -0.39 is 17.9 Å². The molecule has 1 aliphatic rings. The van der Waals surface area contributed by atoms with Crippen molar-refractivity contribution in [1.82, 2.24) is 5.32 Å². The second-order valence-electron chi connectivity index (χ2n) is 3.34. The number of carboxylic acids is 1. The predicted molar refractivity (Wildman–Crippen MR) is 56.0 cm³/mol. The first kappa shape index (κ1) is 10.4. The van der Waals surface area contributed by atoms with Crippen molar-refractivity contribution in [2.24, 2.45) is 5.92 Å². The van der Waals surface area contributed by atoms with Gasteiger partial charge in [0.05, 0.1) is 16.3 Å². The molecule has 1 amide bonds. The van der Waals surface area contributed by atoms with E-state index in [0.717, 1.165) is 4.88 Å². The van der Waals surface area contributed by atoms with Crippen molar-refractivity contribution >= 4 is 34.8 Å². The molecule has 2 atom stereocenters. The minimum absolute atomic E-state index is 0.0372. The maximum atomic E-state index is 11.1. The molecule has 1 fully saturated rings. The van der Waals surface area contributed by atoms with Crippen molar-refractivity contribution in [2.45, 2.75) is 12.5 Å². The number of carboxylic acid groups (broad SMARTS) is 1. The molecule has 0 bridgehead atoms. The lowest BCUT2D eigenvalue weighted by molar-refractivity contribution is -0.142. The summed E-state index contributed by atoms with van der Waals surface area (Å²) in [5.74, 6) is -1.87. The third kappa shape index (κ3) is 1.98. The Labute approximate surface area is 94.9 Å². The zero-order chi connectivity index (χ0) is 11.0. The molecule has 1 aromatic heterocycles. The summed E-state index contributed by atoms with van der Waals surface area (Å²) in [7, 11) is 0. The quantitative estimate of drug-likeness (QED) is 0.833. The number of rotatable bonds is 2. The van der Waals surface area contributed by atoms with Crippen molar-refractivity contribution in [3.05, 3.63) is 21.3 Å². The Morgan fingerprint density at radius 1 is 1.60 bits per heavy atom. The minimum atomic E-state index is -0.956. The van der Waals surface area contributed by atoms with Gasteiger partial charge < -0.3 is 10.4 Å². The lowest BCUT2D eigenvalue weighted by Gasteiger charge is -2.12. The van der Waals surface area contributed by atoms with E-state index in [9.17, 15) is 9.59 Å².